The number of carbonyl (C=O) groups excluding carboxylic acids is 1. The Hall–Kier alpha value is -0.480. The van der Waals surface area contributed by atoms with Crippen molar-refractivity contribution in [3.8, 4) is 0 Å². The summed E-state index contributed by atoms with van der Waals surface area (Å²) in [5.74, 6) is 1.96. The molecule has 0 spiro atoms. The Morgan fingerprint density at radius 3 is 2.86 bits per heavy atom. The minimum absolute atomic E-state index is 0.0675. The van der Waals surface area contributed by atoms with Gasteiger partial charge in [0.05, 0.1) is 6.54 Å². The lowest BCUT2D eigenvalue weighted by atomic mass is 10.4. The molecule has 0 aliphatic rings. The van der Waals surface area contributed by atoms with Gasteiger partial charge in [-0.25, -0.2) is 0 Å². The van der Waals surface area contributed by atoms with E-state index in [1.165, 1.54) is 0 Å². The molecule has 4 heteroatoms. The van der Waals surface area contributed by atoms with Crippen molar-refractivity contribution in [2.75, 3.05) is 24.6 Å². The summed E-state index contributed by atoms with van der Waals surface area (Å²) in [6, 6.07) is 0.357. The normalized spacial score (nSPS) is 10.2. The molecule has 0 fully saturated rings. The summed E-state index contributed by atoms with van der Waals surface area (Å²) in [7, 11) is 0. The third-order valence-electron chi connectivity index (χ3n) is 1.48. The van der Waals surface area contributed by atoms with Gasteiger partial charge < -0.3 is 10.6 Å². The van der Waals surface area contributed by atoms with Crippen LogP contribution in [0, 0.1) is 0 Å². The van der Waals surface area contributed by atoms with Gasteiger partial charge in [0.15, 0.2) is 0 Å². The molecule has 3 nitrogen and oxygen atoms in total. The fourth-order valence-electron chi connectivity index (χ4n) is 0.789. The molecular weight excluding hydrogens is 196 g/mol. The number of amides is 1. The number of carbonyl (C=O) groups is 1. The summed E-state index contributed by atoms with van der Waals surface area (Å²) < 4.78 is 0. The molecule has 0 unspecified atom stereocenters. The van der Waals surface area contributed by atoms with Gasteiger partial charge in [-0.15, -0.1) is 6.58 Å². The van der Waals surface area contributed by atoms with Gasteiger partial charge in [-0.2, -0.15) is 11.8 Å². The molecular formula is C10H20N2OS. The minimum Gasteiger partial charge on any atom is -0.354 e. The maximum absolute atomic E-state index is 11.2. The van der Waals surface area contributed by atoms with E-state index in [9.17, 15) is 4.79 Å². The highest BCUT2D eigenvalue weighted by molar-refractivity contribution is 7.99. The quantitative estimate of drug-likeness (QED) is 0.470. The smallest absolute Gasteiger partial charge is 0.233 e. The first kappa shape index (κ1) is 13.5. The Morgan fingerprint density at radius 1 is 1.57 bits per heavy atom. The maximum atomic E-state index is 11.2. The summed E-state index contributed by atoms with van der Waals surface area (Å²) in [6.45, 7) is 8.81. The van der Waals surface area contributed by atoms with Gasteiger partial charge >= 0.3 is 0 Å². The number of nitrogens with one attached hydrogen (secondary N) is 2. The van der Waals surface area contributed by atoms with Gasteiger partial charge in [0.1, 0.15) is 0 Å². The maximum Gasteiger partial charge on any atom is 0.233 e. The van der Waals surface area contributed by atoms with E-state index in [4.69, 9.17) is 0 Å². The predicted octanol–water partition coefficient (Wildman–Crippen LogP) is 1.02. The van der Waals surface area contributed by atoms with Crippen molar-refractivity contribution < 1.29 is 4.79 Å². The molecule has 14 heavy (non-hydrogen) atoms. The molecule has 0 aromatic carbocycles. The standard InChI is InChI=1S/C10H20N2OS/c1-4-6-14-7-5-11-10(13)8-12-9(2)3/h4,9,12H,1,5-8H2,2-3H3,(H,11,13). The molecule has 82 valence electrons. The predicted molar refractivity (Wildman–Crippen MR) is 63.7 cm³/mol. The molecule has 1 amide bonds. The van der Waals surface area contributed by atoms with Gasteiger partial charge in [-0.3, -0.25) is 4.79 Å². The molecule has 0 rings (SSSR count). The van der Waals surface area contributed by atoms with Crippen LogP contribution in [-0.2, 0) is 4.79 Å². The summed E-state index contributed by atoms with van der Waals surface area (Å²) in [5, 5.41) is 5.90. The van der Waals surface area contributed by atoms with Crippen LogP contribution in [0.3, 0.4) is 0 Å². The highest BCUT2D eigenvalue weighted by Gasteiger charge is 2.00. The molecule has 0 atom stereocenters. The molecule has 0 saturated carbocycles. The molecule has 0 aromatic rings. The second-order valence-corrected chi connectivity index (χ2v) is 4.40. The fourth-order valence-corrected chi connectivity index (χ4v) is 1.37. The summed E-state index contributed by atoms with van der Waals surface area (Å²) in [6.07, 6.45) is 1.87. The lowest BCUT2D eigenvalue weighted by Gasteiger charge is -2.08. The van der Waals surface area contributed by atoms with E-state index in [1.54, 1.807) is 11.8 Å². The molecule has 0 aromatic heterocycles. The first-order chi connectivity index (χ1) is 6.66. The SMILES string of the molecule is C=CCSCCNC(=O)CNC(C)C. The van der Waals surface area contributed by atoms with E-state index in [-0.39, 0.29) is 5.91 Å². The highest BCUT2D eigenvalue weighted by atomic mass is 32.2. The van der Waals surface area contributed by atoms with E-state index in [1.807, 2.05) is 19.9 Å². The van der Waals surface area contributed by atoms with Crippen molar-refractivity contribution in [2.45, 2.75) is 19.9 Å². The van der Waals surface area contributed by atoms with Gasteiger partial charge in [-0.1, -0.05) is 19.9 Å². The van der Waals surface area contributed by atoms with Crippen LogP contribution in [0.2, 0.25) is 0 Å². The van der Waals surface area contributed by atoms with Gasteiger partial charge in [0.25, 0.3) is 0 Å². The van der Waals surface area contributed by atoms with Crippen LogP contribution in [0.4, 0.5) is 0 Å². The van der Waals surface area contributed by atoms with Crippen LogP contribution in [0.1, 0.15) is 13.8 Å². The fraction of sp³-hybridized carbons (Fsp3) is 0.700. The van der Waals surface area contributed by atoms with Crippen LogP contribution in [0.25, 0.3) is 0 Å². The summed E-state index contributed by atoms with van der Waals surface area (Å²) in [4.78, 5) is 11.2. The van der Waals surface area contributed by atoms with Crippen molar-refractivity contribution >= 4 is 17.7 Å². The van der Waals surface area contributed by atoms with Crippen LogP contribution in [0.15, 0.2) is 12.7 Å². The number of thioether (sulfide) groups is 1. The molecule has 0 radical (unpaired) electrons. The molecule has 0 aliphatic carbocycles. The third kappa shape index (κ3) is 9.61. The molecule has 0 aliphatic heterocycles. The summed E-state index contributed by atoms with van der Waals surface area (Å²) in [5.41, 5.74) is 0. The van der Waals surface area contributed by atoms with Gasteiger partial charge in [0, 0.05) is 24.1 Å². The van der Waals surface area contributed by atoms with E-state index >= 15 is 0 Å². The van der Waals surface area contributed by atoms with Crippen LogP contribution < -0.4 is 10.6 Å². The van der Waals surface area contributed by atoms with Gasteiger partial charge in [-0.05, 0) is 0 Å². The van der Waals surface area contributed by atoms with Crippen LogP contribution in [-0.4, -0.2) is 36.5 Å². The van der Waals surface area contributed by atoms with Crippen LogP contribution >= 0.6 is 11.8 Å². The third-order valence-corrected chi connectivity index (χ3v) is 2.44. The molecule has 0 heterocycles. The lowest BCUT2D eigenvalue weighted by Crippen LogP contribution is -2.37. The number of hydrogen-bond donors (Lipinski definition) is 2. The lowest BCUT2D eigenvalue weighted by molar-refractivity contribution is -0.120. The number of hydrogen-bond acceptors (Lipinski definition) is 3. The first-order valence-electron chi connectivity index (χ1n) is 4.85. The van der Waals surface area contributed by atoms with Crippen molar-refractivity contribution in [2.24, 2.45) is 0 Å². The van der Waals surface area contributed by atoms with Crippen molar-refractivity contribution in [3.63, 3.8) is 0 Å². The van der Waals surface area contributed by atoms with Gasteiger partial charge in [0.2, 0.25) is 5.91 Å². The molecule has 0 bridgehead atoms. The van der Waals surface area contributed by atoms with E-state index in [0.29, 0.717) is 12.6 Å². The van der Waals surface area contributed by atoms with Crippen molar-refractivity contribution in [3.05, 3.63) is 12.7 Å². The monoisotopic (exact) mass is 216 g/mol. The van der Waals surface area contributed by atoms with Crippen molar-refractivity contribution in [1.82, 2.24) is 10.6 Å². The van der Waals surface area contributed by atoms with Crippen molar-refractivity contribution in [1.29, 1.82) is 0 Å². The average molecular weight is 216 g/mol. The van der Waals surface area contributed by atoms with E-state index < -0.39 is 0 Å². The summed E-state index contributed by atoms with van der Waals surface area (Å²) >= 11 is 1.77. The zero-order valence-corrected chi connectivity index (χ0v) is 9.82. The highest BCUT2D eigenvalue weighted by Crippen LogP contribution is 1.96. The second kappa shape index (κ2) is 9.09. The largest absolute Gasteiger partial charge is 0.354 e. The van der Waals surface area contributed by atoms with E-state index in [2.05, 4.69) is 17.2 Å². The Kier molecular flexibility index (Phi) is 8.78. The van der Waals surface area contributed by atoms with E-state index in [0.717, 1.165) is 18.1 Å². The van der Waals surface area contributed by atoms with Crippen LogP contribution in [0.5, 0.6) is 0 Å². The number of rotatable bonds is 8. The molecule has 0 saturated heterocycles. The zero-order valence-electron chi connectivity index (χ0n) is 9.01. The Labute approximate surface area is 90.7 Å². The second-order valence-electron chi connectivity index (χ2n) is 3.25. The minimum atomic E-state index is 0.0675. The Balaban J connectivity index is 3.22. The topological polar surface area (TPSA) is 41.1 Å². The Bertz CT molecular complexity index is 172. The Morgan fingerprint density at radius 2 is 2.29 bits per heavy atom. The zero-order chi connectivity index (χ0) is 10.8. The average Bonchev–Trinajstić information content (AvgIpc) is 2.14. The first-order valence-corrected chi connectivity index (χ1v) is 6.01. The molecule has 2 N–H and O–H groups in total.